The molecule has 0 amide bonds. The minimum Gasteiger partial charge on any atom is -0.457 e. The first-order valence-corrected chi connectivity index (χ1v) is 4.63. The smallest absolute Gasteiger partial charge is 0.127 e. The summed E-state index contributed by atoms with van der Waals surface area (Å²) in [5.74, 6) is 1.52. The number of hydrogen-bond acceptors (Lipinski definition) is 3. The van der Waals surface area contributed by atoms with Gasteiger partial charge >= 0.3 is 0 Å². The molecule has 0 spiro atoms. The quantitative estimate of drug-likeness (QED) is 0.736. The molecule has 4 N–H and O–H groups in total. The molecule has 0 unspecified atom stereocenters. The van der Waals surface area contributed by atoms with Gasteiger partial charge in [0.25, 0.3) is 0 Å². The van der Waals surface area contributed by atoms with Gasteiger partial charge in [-0.05, 0) is 48.5 Å². The predicted molar refractivity (Wildman–Crippen MR) is 63.9 cm³/mol. The SMILES string of the molecule is Nc1ccc(Oc2ccc(N)cc2)cc1.[HH]. The Hall–Kier alpha value is -2.16. The molecule has 0 heterocycles. The molecule has 0 saturated heterocycles. The van der Waals surface area contributed by atoms with Crippen LogP contribution in [-0.2, 0) is 0 Å². The van der Waals surface area contributed by atoms with Crippen molar-refractivity contribution in [3.8, 4) is 11.5 Å². The molecule has 0 aliphatic rings. The van der Waals surface area contributed by atoms with Crippen LogP contribution in [-0.4, -0.2) is 0 Å². The number of benzene rings is 2. The van der Waals surface area contributed by atoms with Gasteiger partial charge in [0, 0.05) is 12.8 Å². The first-order valence-electron chi connectivity index (χ1n) is 4.63. The zero-order chi connectivity index (χ0) is 10.7. The highest BCUT2D eigenvalue weighted by Crippen LogP contribution is 2.22. The fraction of sp³-hybridized carbons (Fsp3) is 0. The van der Waals surface area contributed by atoms with Crippen molar-refractivity contribution in [3.63, 3.8) is 0 Å². The second kappa shape index (κ2) is 3.92. The first kappa shape index (κ1) is 9.40. The molecule has 2 aromatic rings. The van der Waals surface area contributed by atoms with Crippen LogP contribution in [0.1, 0.15) is 1.43 Å². The van der Waals surface area contributed by atoms with Crippen LogP contribution < -0.4 is 16.2 Å². The molecule has 78 valence electrons. The Balaban J connectivity index is 0.00000128. The average Bonchev–Trinajstić information content (AvgIpc) is 2.25. The van der Waals surface area contributed by atoms with Crippen molar-refractivity contribution in [1.29, 1.82) is 0 Å². The van der Waals surface area contributed by atoms with E-state index in [2.05, 4.69) is 0 Å². The molecular weight excluding hydrogens is 188 g/mol. The Kier molecular flexibility index (Phi) is 2.46. The van der Waals surface area contributed by atoms with Crippen LogP contribution >= 0.6 is 0 Å². The Bertz CT molecular complexity index is 396. The molecule has 0 bridgehead atoms. The maximum Gasteiger partial charge on any atom is 0.127 e. The number of anilines is 2. The molecule has 0 radical (unpaired) electrons. The summed E-state index contributed by atoms with van der Waals surface area (Å²) < 4.78 is 5.58. The van der Waals surface area contributed by atoms with Crippen molar-refractivity contribution in [2.24, 2.45) is 0 Å². The predicted octanol–water partition coefficient (Wildman–Crippen LogP) is 2.89. The molecule has 0 aromatic heterocycles. The Morgan fingerprint density at radius 3 is 1.33 bits per heavy atom. The average molecular weight is 202 g/mol. The molecule has 0 aliphatic heterocycles. The number of rotatable bonds is 2. The van der Waals surface area contributed by atoms with E-state index in [1.54, 1.807) is 24.3 Å². The zero-order valence-corrected chi connectivity index (χ0v) is 8.18. The van der Waals surface area contributed by atoms with Crippen LogP contribution in [0.3, 0.4) is 0 Å². The molecule has 0 atom stereocenters. The molecule has 3 heteroatoms. The third-order valence-corrected chi connectivity index (χ3v) is 2.00. The second-order valence-electron chi connectivity index (χ2n) is 3.24. The van der Waals surface area contributed by atoms with Crippen molar-refractivity contribution in [2.75, 3.05) is 11.5 Å². The third-order valence-electron chi connectivity index (χ3n) is 2.00. The van der Waals surface area contributed by atoms with E-state index in [-0.39, 0.29) is 1.43 Å². The third kappa shape index (κ3) is 2.40. The lowest BCUT2D eigenvalue weighted by molar-refractivity contribution is 0.483. The van der Waals surface area contributed by atoms with Crippen molar-refractivity contribution < 1.29 is 6.16 Å². The molecule has 0 aliphatic carbocycles. The lowest BCUT2D eigenvalue weighted by Gasteiger charge is -2.05. The molecule has 15 heavy (non-hydrogen) atoms. The van der Waals surface area contributed by atoms with E-state index in [9.17, 15) is 0 Å². The van der Waals surface area contributed by atoms with Crippen LogP contribution in [0, 0.1) is 0 Å². The Morgan fingerprint density at radius 1 is 0.667 bits per heavy atom. The summed E-state index contributed by atoms with van der Waals surface area (Å²) in [5, 5.41) is 0. The second-order valence-corrected chi connectivity index (χ2v) is 3.24. The summed E-state index contributed by atoms with van der Waals surface area (Å²) in [6, 6.07) is 14.5. The van der Waals surface area contributed by atoms with Gasteiger partial charge in [-0.3, -0.25) is 0 Å². The lowest BCUT2D eigenvalue weighted by atomic mass is 10.3. The van der Waals surface area contributed by atoms with Crippen molar-refractivity contribution in [1.82, 2.24) is 0 Å². The highest BCUT2D eigenvalue weighted by molar-refractivity contribution is 5.45. The topological polar surface area (TPSA) is 61.3 Å². The van der Waals surface area contributed by atoms with Gasteiger partial charge in [0.15, 0.2) is 0 Å². The molecule has 3 nitrogen and oxygen atoms in total. The monoisotopic (exact) mass is 202 g/mol. The van der Waals surface area contributed by atoms with E-state index in [0.29, 0.717) is 0 Å². The van der Waals surface area contributed by atoms with Gasteiger partial charge in [-0.15, -0.1) is 0 Å². The van der Waals surface area contributed by atoms with Crippen LogP contribution in [0.4, 0.5) is 11.4 Å². The number of hydrogen-bond donors (Lipinski definition) is 2. The first-order chi connectivity index (χ1) is 7.24. The van der Waals surface area contributed by atoms with E-state index in [0.717, 1.165) is 22.9 Å². The zero-order valence-electron chi connectivity index (χ0n) is 8.18. The number of nitrogens with two attached hydrogens (primary N) is 2. The Labute approximate surface area is 89.8 Å². The molecule has 2 aromatic carbocycles. The standard InChI is InChI=1S/C12H12N2O.H2/c13-9-1-5-11(6-2-9)15-12-7-3-10(14)4-8-12;/h1-8H,13-14H2;1H. The van der Waals surface area contributed by atoms with Gasteiger partial charge in [-0.1, -0.05) is 0 Å². The van der Waals surface area contributed by atoms with Gasteiger partial charge < -0.3 is 16.2 Å². The van der Waals surface area contributed by atoms with E-state index < -0.39 is 0 Å². The van der Waals surface area contributed by atoms with Gasteiger partial charge in [-0.25, -0.2) is 0 Å². The Morgan fingerprint density at radius 2 is 1.00 bits per heavy atom. The van der Waals surface area contributed by atoms with Gasteiger partial charge in [-0.2, -0.15) is 0 Å². The summed E-state index contributed by atoms with van der Waals surface area (Å²) in [4.78, 5) is 0. The maximum atomic E-state index is 5.58. The van der Waals surface area contributed by atoms with Crippen LogP contribution in [0.5, 0.6) is 11.5 Å². The van der Waals surface area contributed by atoms with Gasteiger partial charge in [0.1, 0.15) is 11.5 Å². The van der Waals surface area contributed by atoms with Crippen molar-refractivity contribution in [2.45, 2.75) is 0 Å². The van der Waals surface area contributed by atoms with Crippen molar-refractivity contribution >= 4 is 11.4 Å². The van der Waals surface area contributed by atoms with Crippen LogP contribution in [0.15, 0.2) is 48.5 Å². The largest absolute Gasteiger partial charge is 0.457 e. The molecular formula is C12H14N2O. The van der Waals surface area contributed by atoms with E-state index in [1.165, 1.54) is 0 Å². The summed E-state index contributed by atoms with van der Waals surface area (Å²) in [7, 11) is 0. The molecule has 0 fully saturated rings. The highest BCUT2D eigenvalue weighted by Gasteiger charge is 1.96. The summed E-state index contributed by atoms with van der Waals surface area (Å²) >= 11 is 0. The summed E-state index contributed by atoms with van der Waals surface area (Å²) in [6.45, 7) is 0. The van der Waals surface area contributed by atoms with Crippen LogP contribution in [0.2, 0.25) is 0 Å². The molecule has 0 saturated carbocycles. The minimum absolute atomic E-state index is 0. The van der Waals surface area contributed by atoms with Crippen LogP contribution in [0.25, 0.3) is 0 Å². The number of nitrogen functional groups attached to an aromatic ring is 2. The normalized spacial score (nSPS) is 9.87. The van der Waals surface area contributed by atoms with Gasteiger partial charge in [0.05, 0.1) is 0 Å². The van der Waals surface area contributed by atoms with E-state index >= 15 is 0 Å². The summed E-state index contributed by atoms with van der Waals surface area (Å²) in [5.41, 5.74) is 12.6. The summed E-state index contributed by atoms with van der Waals surface area (Å²) in [6.07, 6.45) is 0. The van der Waals surface area contributed by atoms with E-state index in [1.807, 2.05) is 24.3 Å². The van der Waals surface area contributed by atoms with E-state index in [4.69, 9.17) is 16.2 Å². The number of ether oxygens (including phenoxy) is 1. The molecule has 2 rings (SSSR count). The highest BCUT2D eigenvalue weighted by atomic mass is 16.5. The van der Waals surface area contributed by atoms with Gasteiger partial charge in [0.2, 0.25) is 0 Å². The maximum absolute atomic E-state index is 5.58. The van der Waals surface area contributed by atoms with Crippen molar-refractivity contribution in [3.05, 3.63) is 48.5 Å². The fourth-order valence-electron chi connectivity index (χ4n) is 1.21. The lowest BCUT2D eigenvalue weighted by Crippen LogP contribution is -1.87. The fourth-order valence-corrected chi connectivity index (χ4v) is 1.21. The minimum atomic E-state index is 0.